The van der Waals surface area contributed by atoms with Crippen molar-refractivity contribution in [2.45, 2.75) is 58.3 Å². The van der Waals surface area contributed by atoms with Gasteiger partial charge in [-0.15, -0.1) is 0 Å². The molecule has 3 unspecified atom stereocenters. The SMILES string of the molecule is CC(C)(CC(=O)O)Cc1nc(C2CC3CCC2C3)no1. The van der Waals surface area contributed by atoms with Gasteiger partial charge < -0.3 is 9.63 Å². The van der Waals surface area contributed by atoms with Gasteiger partial charge >= 0.3 is 5.97 Å². The highest BCUT2D eigenvalue weighted by atomic mass is 16.5. The zero-order chi connectivity index (χ0) is 14.3. The second kappa shape index (κ2) is 4.86. The van der Waals surface area contributed by atoms with Crippen LogP contribution < -0.4 is 0 Å². The number of aliphatic carboxylic acids is 1. The Bertz CT molecular complexity index is 509. The van der Waals surface area contributed by atoms with Crippen molar-refractivity contribution in [2.75, 3.05) is 0 Å². The molecule has 1 N–H and O–H groups in total. The van der Waals surface area contributed by atoms with Gasteiger partial charge in [0.05, 0.1) is 6.42 Å². The summed E-state index contributed by atoms with van der Waals surface area (Å²) >= 11 is 0. The Morgan fingerprint density at radius 3 is 2.80 bits per heavy atom. The molecule has 1 heterocycles. The molecule has 2 aliphatic rings. The van der Waals surface area contributed by atoms with Crippen molar-refractivity contribution in [2.24, 2.45) is 17.3 Å². The Kier molecular flexibility index (Phi) is 3.30. The van der Waals surface area contributed by atoms with Crippen LogP contribution in [0.15, 0.2) is 4.52 Å². The van der Waals surface area contributed by atoms with Crippen LogP contribution in [0.25, 0.3) is 0 Å². The molecular formula is C15H22N2O3. The predicted octanol–water partition coefficient (Wildman–Crippen LogP) is 3.02. The lowest BCUT2D eigenvalue weighted by atomic mass is 9.85. The molecule has 5 nitrogen and oxygen atoms in total. The fraction of sp³-hybridized carbons (Fsp3) is 0.800. The van der Waals surface area contributed by atoms with Crippen molar-refractivity contribution in [3.05, 3.63) is 11.7 Å². The van der Waals surface area contributed by atoms with Crippen LogP contribution in [-0.4, -0.2) is 21.2 Å². The van der Waals surface area contributed by atoms with Gasteiger partial charge in [0.1, 0.15) is 0 Å². The first-order valence-electron chi connectivity index (χ1n) is 7.47. The zero-order valence-electron chi connectivity index (χ0n) is 12.1. The highest BCUT2D eigenvalue weighted by Gasteiger charge is 2.42. The lowest BCUT2D eigenvalue weighted by molar-refractivity contribution is -0.139. The standard InChI is InChI=1S/C15H22N2O3/c1-15(2,8-13(18)19)7-12-16-14(17-20-12)11-6-9-3-4-10(11)5-9/h9-11H,3-8H2,1-2H3,(H,18,19). The molecule has 0 aromatic carbocycles. The third kappa shape index (κ3) is 2.72. The van der Waals surface area contributed by atoms with Crippen molar-refractivity contribution in [3.63, 3.8) is 0 Å². The van der Waals surface area contributed by atoms with Crippen molar-refractivity contribution >= 4 is 5.97 Å². The lowest BCUT2D eigenvalue weighted by Gasteiger charge is -2.19. The zero-order valence-corrected chi connectivity index (χ0v) is 12.1. The van der Waals surface area contributed by atoms with Crippen molar-refractivity contribution in [1.29, 1.82) is 0 Å². The van der Waals surface area contributed by atoms with Crippen LogP contribution in [-0.2, 0) is 11.2 Å². The van der Waals surface area contributed by atoms with Gasteiger partial charge in [0.2, 0.25) is 5.89 Å². The first-order chi connectivity index (χ1) is 9.43. The van der Waals surface area contributed by atoms with Gasteiger partial charge in [-0.3, -0.25) is 4.79 Å². The molecule has 3 atom stereocenters. The van der Waals surface area contributed by atoms with Gasteiger partial charge in [-0.25, -0.2) is 0 Å². The van der Waals surface area contributed by atoms with Gasteiger partial charge in [-0.2, -0.15) is 4.98 Å². The number of fused-ring (bicyclic) bond motifs is 2. The number of hydrogen-bond acceptors (Lipinski definition) is 4. The van der Waals surface area contributed by atoms with E-state index in [1.165, 1.54) is 25.7 Å². The molecule has 0 radical (unpaired) electrons. The monoisotopic (exact) mass is 278 g/mol. The van der Waals surface area contributed by atoms with Gasteiger partial charge in [0.15, 0.2) is 5.82 Å². The van der Waals surface area contributed by atoms with Crippen LogP contribution in [0.5, 0.6) is 0 Å². The van der Waals surface area contributed by atoms with E-state index in [4.69, 9.17) is 9.63 Å². The normalized spacial score (nSPS) is 29.0. The molecule has 5 heteroatoms. The summed E-state index contributed by atoms with van der Waals surface area (Å²) in [4.78, 5) is 15.4. The maximum absolute atomic E-state index is 10.8. The summed E-state index contributed by atoms with van der Waals surface area (Å²) in [5.41, 5.74) is -0.357. The summed E-state index contributed by atoms with van der Waals surface area (Å²) in [6, 6.07) is 0. The molecule has 2 bridgehead atoms. The molecule has 1 aromatic rings. The summed E-state index contributed by atoms with van der Waals surface area (Å²) < 4.78 is 5.35. The molecule has 2 saturated carbocycles. The first kappa shape index (κ1) is 13.6. The van der Waals surface area contributed by atoms with Crippen LogP contribution in [0.2, 0.25) is 0 Å². The Morgan fingerprint density at radius 1 is 1.40 bits per heavy atom. The van der Waals surface area contributed by atoms with Crippen LogP contribution in [0.4, 0.5) is 0 Å². The topological polar surface area (TPSA) is 76.2 Å². The highest BCUT2D eigenvalue weighted by molar-refractivity contribution is 5.67. The summed E-state index contributed by atoms with van der Waals surface area (Å²) in [5, 5.41) is 13.1. The van der Waals surface area contributed by atoms with Crippen molar-refractivity contribution in [1.82, 2.24) is 10.1 Å². The fourth-order valence-corrected chi connectivity index (χ4v) is 3.93. The Labute approximate surface area is 118 Å². The predicted molar refractivity (Wildman–Crippen MR) is 72.2 cm³/mol. The summed E-state index contributed by atoms with van der Waals surface area (Å²) in [7, 11) is 0. The second-order valence-corrected chi connectivity index (χ2v) is 7.24. The van der Waals surface area contributed by atoms with Crippen molar-refractivity contribution < 1.29 is 14.4 Å². The van der Waals surface area contributed by atoms with E-state index < -0.39 is 5.97 Å². The summed E-state index contributed by atoms with van der Waals surface area (Å²) in [5.74, 6) is 2.69. The van der Waals surface area contributed by atoms with E-state index in [1.54, 1.807) is 0 Å². The van der Waals surface area contributed by atoms with E-state index >= 15 is 0 Å². The Hall–Kier alpha value is -1.39. The number of carboxylic acids is 1. The van der Waals surface area contributed by atoms with Crippen molar-refractivity contribution in [3.8, 4) is 0 Å². The number of aromatic nitrogens is 2. The molecule has 0 amide bonds. The molecule has 20 heavy (non-hydrogen) atoms. The molecule has 0 spiro atoms. The Balaban J connectivity index is 1.66. The molecule has 110 valence electrons. The van der Waals surface area contributed by atoms with E-state index in [0.717, 1.165) is 17.7 Å². The number of hydrogen-bond donors (Lipinski definition) is 1. The molecule has 1 aromatic heterocycles. The quantitative estimate of drug-likeness (QED) is 0.896. The molecular weight excluding hydrogens is 256 g/mol. The third-order valence-electron chi connectivity index (χ3n) is 4.81. The maximum Gasteiger partial charge on any atom is 0.303 e. The van der Waals surface area contributed by atoms with Crippen LogP contribution in [0, 0.1) is 17.3 Å². The minimum atomic E-state index is -0.789. The summed E-state index contributed by atoms with van der Waals surface area (Å²) in [6.45, 7) is 3.84. The van der Waals surface area contributed by atoms with Gasteiger partial charge in [-0.05, 0) is 36.5 Å². The number of carboxylic acid groups (broad SMARTS) is 1. The minimum Gasteiger partial charge on any atom is -0.481 e. The smallest absolute Gasteiger partial charge is 0.303 e. The Morgan fingerprint density at radius 2 is 2.20 bits per heavy atom. The fourth-order valence-electron chi connectivity index (χ4n) is 3.93. The maximum atomic E-state index is 10.8. The average molecular weight is 278 g/mol. The van der Waals surface area contributed by atoms with Crippen LogP contribution in [0.3, 0.4) is 0 Å². The first-order valence-corrected chi connectivity index (χ1v) is 7.47. The van der Waals surface area contributed by atoms with E-state index in [2.05, 4.69) is 10.1 Å². The van der Waals surface area contributed by atoms with Gasteiger partial charge in [0, 0.05) is 12.3 Å². The lowest BCUT2D eigenvalue weighted by Crippen LogP contribution is -2.20. The van der Waals surface area contributed by atoms with Crippen LogP contribution in [0.1, 0.15) is 63.6 Å². The van der Waals surface area contributed by atoms with E-state index in [0.29, 0.717) is 18.2 Å². The molecule has 3 rings (SSSR count). The molecule has 2 fully saturated rings. The van der Waals surface area contributed by atoms with E-state index in [-0.39, 0.29) is 11.8 Å². The second-order valence-electron chi connectivity index (χ2n) is 7.24. The minimum absolute atomic E-state index is 0.110. The van der Waals surface area contributed by atoms with E-state index in [9.17, 15) is 4.79 Å². The molecule has 0 saturated heterocycles. The van der Waals surface area contributed by atoms with Crippen LogP contribution >= 0.6 is 0 Å². The van der Waals surface area contributed by atoms with E-state index in [1.807, 2.05) is 13.8 Å². The van der Waals surface area contributed by atoms with Gasteiger partial charge in [-0.1, -0.05) is 25.4 Å². The summed E-state index contributed by atoms with van der Waals surface area (Å²) in [6.07, 6.45) is 5.80. The number of nitrogens with zero attached hydrogens (tertiary/aromatic N) is 2. The number of rotatable bonds is 5. The highest BCUT2D eigenvalue weighted by Crippen LogP contribution is 2.52. The average Bonchev–Trinajstić information content (AvgIpc) is 3.00. The van der Waals surface area contributed by atoms with Gasteiger partial charge in [0.25, 0.3) is 0 Å². The largest absolute Gasteiger partial charge is 0.481 e. The number of carbonyl (C=O) groups is 1. The molecule has 2 aliphatic carbocycles. The molecule has 0 aliphatic heterocycles. The third-order valence-corrected chi connectivity index (χ3v) is 4.81.